The normalized spacial score (nSPS) is 18.7. The highest BCUT2D eigenvalue weighted by atomic mass is 19.4. The Morgan fingerprint density at radius 3 is 2.44 bits per heavy atom. The number of hydrogen-bond donors (Lipinski definition) is 1. The number of carbonyl (C=O) groups excluding carboxylic acids is 3. The van der Waals surface area contributed by atoms with Gasteiger partial charge < -0.3 is 14.8 Å². The third-order valence-electron chi connectivity index (χ3n) is 4.06. The number of rotatable bonds is 3. The molecule has 140 valence electrons. The highest BCUT2D eigenvalue weighted by Crippen LogP contribution is 2.43. The molecule has 9 heteroatoms. The lowest BCUT2D eigenvalue weighted by Gasteiger charge is -2.34. The predicted molar refractivity (Wildman–Crippen MR) is 86.2 cm³/mol. The number of methoxy groups -OCH3 is 1. The molecule has 0 unspecified atom stereocenters. The Balaban J connectivity index is 2.19. The molecular weight excluding hydrogens is 367 g/mol. The van der Waals surface area contributed by atoms with Crippen LogP contribution in [0, 0.1) is 0 Å². The number of carbonyl (C=O) groups is 3. The van der Waals surface area contributed by atoms with Crippen LogP contribution < -0.4 is 10.1 Å². The molecule has 1 heterocycles. The van der Waals surface area contributed by atoms with E-state index in [0.717, 1.165) is 13.2 Å². The quantitative estimate of drug-likeness (QED) is 0.504. The van der Waals surface area contributed by atoms with Crippen molar-refractivity contribution in [2.24, 2.45) is 0 Å². The van der Waals surface area contributed by atoms with Crippen molar-refractivity contribution < 1.29 is 37.0 Å². The van der Waals surface area contributed by atoms with Gasteiger partial charge in [0.15, 0.2) is 6.29 Å². The summed E-state index contributed by atoms with van der Waals surface area (Å²) in [7, 11) is 0.934. The van der Waals surface area contributed by atoms with Crippen molar-refractivity contribution in [2.75, 3.05) is 12.4 Å². The van der Waals surface area contributed by atoms with Crippen LogP contribution in [0.1, 0.15) is 21.5 Å². The first-order valence-electron chi connectivity index (χ1n) is 7.59. The van der Waals surface area contributed by atoms with E-state index in [1.807, 2.05) is 0 Å². The highest BCUT2D eigenvalue weighted by molar-refractivity contribution is 6.11. The standard InChI is InChI=1S/C18H12F3NO5/c1-26-15(24)11-7-13-14(8-12(11)18(19,20)21)27-17(9-23,16(25)22-13)10-5-3-2-4-6-10/h2-9H,1H3,(H,22,25)/t17-/m0/s1. The lowest BCUT2D eigenvalue weighted by Crippen LogP contribution is -2.49. The molecule has 2 aromatic rings. The molecule has 2 aromatic carbocycles. The number of fused-ring (bicyclic) bond motifs is 1. The van der Waals surface area contributed by atoms with Crippen LogP contribution in [0.2, 0.25) is 0 Å². The number of benzene rings is 2. The molecule has 0 radical (unpaired) electrons. The number of amides is 1. The number of hydrogen-bond acceptors (Lipinski definition) is 5. The smallest absolute Gasteiger partial charge is 0.417 e. The van der Waals surface area contributed by atoms with Gasteiger partial charge in [0.25, 0.3) is 11.5 Å². The summed E-state index contributed by atoms with van der Waals surface area (Å²) in [6.45, 7) is 0. The van der Waals surface area contributed by atoms with Crippen LogP contribution in [0.3, 0.4) is 0 Å². The van der Waals surface area contributed by atoms with E-state index >= 15 is 0 Å². The molecular formula is C18H12F3NO5. The van der Waals surface area contributed by atoms with Crippen LogP contribution in [0.15, 0.2) is 42.5 Å². The van der Waals surface area contributed by atoms with E-state index in [2.05, 4.69) is 10.1 Å². The van der Waals surface area contributed by atoms with Crippen molar-refractivity contribution in [3.63, 3.8) is 0 Å². The lowest BCUT2D eigenvalue weighted by molar-refractivity contribution is -0.141. The number of aldehydes is 1. The Hall–Kier alpha value is -3.36. The maximum Gasteiger partial charge on any atom is 0.417 e. The van der Waals surface area contributed by atoms with Crippen LogP contribution in [0.25, 0.3) is 0 Å². The topological polar surface area (TPSA) is 81.7 Å². The molecule has 0 spiro atoms. The van der Waals surface area contributed by atoms with Crippen LogP contribution in [-0.2, 0) is 26.1 Å². The predicted octanol–water partition coefficient (Wildman–Crippen LogP) is 2.92. The van der Waals surface area contributed by atoms with Gasteiger partial charge in [0.05, 0.1) is 23.9 Å². The number of anilines is 1. The Bertz CT molecular complexity index is 927. The zero-order valence-electron chi connectivity index (χ0n) is 13.8. The summed E-state index contributed by atoms with van der Waals surface area (Å²) in [5, 5.41) is 2.33. The average molecular weight is 379 g/mol. The van der Waals surface area contributed by atoms with Gasteiger partial charge in [0, 0.05) is 5.56 Å². The Morgan fingerprint density at radius 2 is 1.89 bits per heavy atom. The van der Waals surface area contributed by atoms with Gasteiger partial charge in [0.2, 0.25) is 0 Å². The second kappa shape index (κ2) is 6.42. The monoisotopic (exact) mass is 379 g/mol. The number of esters is 1. The number of nitrogens with one attached hydrogen (secondary N) is 1. The molecule has 0 aliphatic carbocycles. The fourth-order valence-corrected chi connectivity index (χ4v) is 2.73. The summed E-state index contributed by atoms with van der Waals surface area (Å²) in [5.41, 5.74) is -4.28. The van der Waals surface area contributed by atoms with E-state index in [9.17, 15) is 27.6 Å². The van der Waals surface area contributed by atoms with Crippen molar-refractivity contribution in [1.82, 2.24) is 0 Å². The number of ether oxygens (including phenoxy) is 2. The number of halogens is 3. The molecule has 0 bridgehead atoms. The Morgan fingerprint density at radius 1 is 1.22 bits per heavy atom. The van der Waals surface area contributed by atoms with Crippen LogP contribution in [0.5, 0.6) is 5.75 Å². The van der Waals surface area contributed by atoms with Crippen LogP contribution >= 0.6 is 0 Å². The summed E-state index contributed by atoms with van der Waals surface area (Å²) < 4.78 is 49.9. The zero-order chi connectivity index (χ0) is 19.8. The van der Waals surface area contributed by atoms with Gasteiger partial charge in [-0.25, -0.2) is 4.79 Å². The van der Waals surface area contributed by atoms with Gasteiger partial charge in [-0.2, -0.15) is 13.2 Å². The summed E-state index contributed by atoms with van der Waals surface area (Å²) in [6, 6.07) is 8.98. The second-order valence-electron chi connectivity index (χ2n) is 5.66. The molecule has 1 amide bonds. The van der Waals surface area contributed by atoms with Crippen molar-refractivity contribution >= 4 is 23.9 Å². The molecule has 3 rings (SSSR count). The highest BCUT2D eigenvalue weighted by Gasteiger charge is 2.48. The van der Waals surface area contributed by atoms with Crippen molar-refractivity contribution in [3.8, 4) is 5.75 Å². The third-order valence-corrected chi connectivity index (χ3v) is 4.06. The molecule has 0 saturated heterocycles. The van der Waals surface area contributed by atoms with Gasteiger partial charge in [-0.1, -0.05) is 30.3 Å². The summed E-state index contributed by atoms with van der Waals surface area (Å²) in [5.74, 6) is -2.52. The molecule has 0 saturated carbocycles. The summed E-state index contributed by atoms with van der Waals surface area (Å²) in [6.07, 6.45) is -4.68. The minimum Gasteiger partial charge on any atom is -0.465 e. The van der Waals surface area contributed by atoms with Gasteiger partial charge >= 0.3 is 12.1 Å². The maximum absolute atomic E-state index is 13.4. The minimum atomic E-state index is -4.89. The largest absolute Gasteiger partial charge is 0.465 e. The molecule has 0 aromatic heterocycles. The van der Waals surface area contributed by atoms with Gasteiger partial charge in [0.1, 0.15) is 5.75 Å². The van der Waals surface area contributed by atoms with Gasteiger partial charge in [-0.3, -0.25) is 9.59 Å². The van der Waals surface area contributed by atoms with Crippen LogP contribution in [0.4, 0.5) is 18.9 Å². The Labute approximate surface area is 150 Å². The van der Waals surface area contributed by atoms with Gasteiger partial charge in [-0.15, -0.1) is 0 Å². The fraction of sp³-hybridized carbons (Fsp3) is 0.167. The second-order valence-corrected chi connectivity index (χ2v) is 5.66. The SMILES string of the molecule is COC(=O)c1cc2c(cc1C(F)(F)F)O[C@@](C=O)(c1ccccc1)C(=O)N2. The first-order valence-corrected chi connectivity index (χ1v) is 7.59. The minimum absolute atomic E-state index is 0.147. The molecule has 27 heavy (non-hydrogen) atoms. The first-order chi connectivity index (χ1) is 12.7. The molecule has 1 aliphatic heterocycles. The van der Waals surface area contributed by atoms with E-state index in [1.165, 1.54) is 12.1 Å². The molecule has 0 fully saturated rings. The summed E-state index contributed by atoms with van der Waals surface area (Å²) in [4.78, 5) is 36.0. The molecule has 1 atom stereocenters. The van der Waals surface area contributed by atoms with E-state index in [4.69, 9.17) is 4.74 Å². The van der Waals surface area contributed by atoms with E-state index in [1.54, 1.807) is 18.2 Å². The van der Waals surface area contributed by atoms with Crippen LogP contribution in [-0.4, -0.2) is 25.3 Å². The zero-order valence-corrected chi connectivity index (χ0v) is 13.8. The Kier molecular flexibility index (Phi) is 4.38. The van der Waals surface area contributed by atoms with Crippen molar-refractivity contribution in [2.45, 2.75) is 11.8 Å². The van der Waals surface area contributed by atoms with E-state index in [0.29, 0.717) is 6.07 Å². The lowest BCUT2D eigenvalue weighted by atomic mass is 9.92. The van der Waals surface area contributed by atoms with E-state index in [-0.39, 0.29) is 17.5 Å². The summed E-state index contributed by atoms with van der Waals surface area (Å²) >= 11 is 0. The molecule has 1 N–H and O–H groups in total. The maximum atomic E-state index is 13.4. The van der Waals surface area contributed by atoms with Crippen molar-refractivity contribution in [3.05, 3.63) is 59.2 Å². The molecule has 6 nitrogen and oxygen atoms in total. The van der Waals surface area contributed by atoms with E-state index < -0.39 is 40.5 Å². The number of alkyl halides is 3. The van der Waals surface area contributed by atoms with Crippen molar-refractivity contribution in [1.29, 1.82) is 0 Å². The average Bonchev–Trinajstić information content (AvgIpc) is 2.65. The van der Waals surface area contributed by atoms with Gasteiger partial charge in [-0.05, 0) is 12.1 Å². The fourth-order valence-electron chi connectivity index (χ4n) is 2.73. The third kappa shape index (κ3) is 3.01. The first kappa shape index (κ1) is 18.4. The molecule has 1 aliphatic rings.